The van der Waals surface area contributed by atoms with E-state index in [0.717, 1.165) is 26.2 Å². The van der Waals surface area contributed by atoms with Crippen molar-refractivity contribution in [1.29, 1.82) is 0 Å². The molecule has 0 aliphatic carbocycles. The van der Waals surface area contributed by atoms with E-state index >= 15 is 0 Å². The minimum atomic E-state index is -0.429. The number of quaternary nitrogens is 2. The van der Waals surface area contributed by atoms with E-state index in [0.29, 0.717) is 0 Å². The van der Waals surface area contributed by atoms with Crippen LogP contribution in [0.4, 0.5) is 4.79 Å². The molecular weight excluding hydrogens is 388 g/mol. The molecule has 2 aromatic rings. The molecule has 0 aromatic heterocycles. The predicted molar refractivity (Wildman–Crippen MR) is 122 cm³/mol. The summed E-state index contributed by atoms with van der Waals surface area (Å²) in [7, 11) is 0. The number of nitrogens with one attached hydrogen (secondary N) is 4. The SMILES string of the molecule is C[C@@H](C(=O)NC(=O)NC(C)(C)C)[NH+]1CC[NH+](C(c2ccccc2)c2ccccc2)CC1. The maximum atomic E-state index is 12.6. The molecule has 1 atom stereocenters. The van der Waals surface area contributed by atoms with Crippen molar-refractivity contribution in [3.05, 3.63) is 71.8 Å². The predicted octanol–water partition coefficient (Wildman–Crippen LogP) is 0.572. The Hall–Kier alpha value is -2.70. The van der Waals surface area contributed by atoms with Gasteiger partial charge in [0, 0.05) is 16.7 Å². The first-order chi connectivity index (χ1) is 14.7. The monoisotopic (exact) mass is 424 g/mol. The zero-order valence-corrected chi connectivity index (χ0v) is 19.1. The number of urea groups is 1. The van der Waals surface area contributed by atoms with Crippen molar-refractivity contribution in [2.45, 2.75) is 45.3 Å². The summed E-state index contributed by atoms with van der Waals surface area (Å²) in [5, 5.41) is 5.28. The molecule has 6 nitrogen and oxygen atoms in total. The van der Waals surface area contributed by atoms with Gasteiger partial charge in [-0.1, -0.05) is 60.7 Å². The molecule has 0 bridgehead atoms. The first kappa shape index (κ1) is 23.0. The summed E-state index contributed by atoms with van der Waals surface area (Å²) in [5.74, 6) is -0.220. The molecule has 0 radical (unpaired) electrons. The zero-order chi connectivity index (χ0) is 22.4. The first-order valence-corrected chi connectivity index (χ1v) is 11.2. The molecule has 6 heteroatoms. The molecule has 1 aliphatic rings. The lowest BCUT2D eigenvalue weighted by atomic mass is 9.96. The highest BCUT2D eigenvalue weighted by Gasteiger charge is 2.36. The maximum Gasteiger partial charge on any atom is 0.322 e. The second-order valence-electron chi connectivity index (χ2n) is 9.49. The van der Waals surface area contributed by atoms with Gasteiger partial charge in [-0.3, -0.25) is 10.1 Å². The molecule has 166 valence electrons. The number of hydrogen-bond donors (Lipinski definition) is 4. The van der Waals surface area contributed by atoms with Crippen LogP contribution >= 0.6 is 0 Å². The van der Waals surface area contributed by atoms with E-state index in [2.05, 4.69) is 71.3 Å². The summed E-state index contributed by atoms with van der Waals surface area (Å²) in [6, 6.07) is 20.9. The fourth-order valence-electron chi connectivity index (χ4n) is 4.35. The molecule has 31 heavy (non-hydrogen) atoms. The van der Waals surface area contributed by atoms with Gasteiger partial charge in [0.25, 0.3) is 5.91 Å². The van der Waals surface area contributed by atoms with Gasteiger partial charge >= 0.3 is 6.03 Å². The van der Waals surface area contributed by atoms with E-state index in [1.165, 1.54) is 20.9 Å². The Morgan fingerprint density at radius 1 is 0.806 bits per heavy atom. The lowest BCUT2D eigenvalue weighted by molar-refractivity contribution is -1.03. The van der Waals surface area contributed by atoms with Crippen LogP contribution in [0, 0.1) is 0 Å². The molecular formula is C25H36N4O2+2. The van der Waals surface area contributed by atoms with Gasteiger partial charge < -0.3 is 15.1 Å². The molecule has 3 amide bonds. The van der Waals surface area contributed by atoms with Crippen LogP contribution in [0.5, 0.6) is 0 Å². The number of benzene rings is 2. The Kier molecular flexibility index (Phi) is 7.46. The third-order valence-electron chi connectivity index (χ3n) is 5.94. The molecule has 1 heterocycles. The Labute approximate surface area is 185 Å². The highest BCUT2D eigenvalue weighted by Crippen LogP contribution is 2.18. The number of carbonyl (C=O) groups is 2. The molecule has 4 N–H and O–H groups in total. The highest BCUT2D eigenvalue weighted by molar-refractivity contribution is 5.96. The van der Waals surface area contributed by atoms with Crippen molar-refractivity contribution in [2.75, 3.05) is 26.2 Å². The van der Waals surface area contributed by atoms with Crippen LogP contribution < -0.4 is 20.4 Å². The van der Waals surface area contributed by atoms with Crippen LogP contribution in [-0.4, -0.2) is 49.7 Å². The summed E-state index contributed by atoms with van der Waals surface area (Å²) in [5.41, 5.74) is 2.26. The Balaban J connectivity index is 1.63. The molecule has 1 fully saturated rings. The summed E-state index contributed by atoms with van der Waals surface area (Å²) >= 11 is 0. The van der Waals surface area contributed by atoms with Crippen molar-refractivity contribution in [1.82, 2.24) is 10.6 Å². The summed E-state index contributed by atoms with van der Waals surface area (Å²) < 4.78 is 0. The van der Waals surface area contributed by atoms with E-state index in [1.807, 2.05) is 27.7 Å². The number of carbonyl (C=O) groups excluding carboxylic acids is 2. The van der Waals surface area contributed by atoms with Gasteiger partial charge in [0.05, 0.1) is 0 Å². The van der Waals surface area contributed by atoms with Gasteiger partial charge in [-0.15, -0.1) is 0 Å². The number of hydrogen-bond acceptors (Lipinski definition) is 2. The normalized spacial score (nSPS) is 20.2. The van der Waals surface area contributed by atoms with Crippen molar-refractivity contribution >= 4 is 11.9 Å². The van der Waals surface area contributed by atoms with E-state index in [-0.39, 0.29) is 23.5 Å². The van der Waals surface area contributed by atoms with Crippen LogP contribution in [-0.2, 0) is 4.79 Å². The van der Waals surface area contributed by atoms with Gasteiger partial charge in [-0.25, -0.2) is 4.79 Å². The van der Waals surface area contributed by atoms with E-state index < -0.39 is 6.03 Å². The van der Waals surface area contributed by atoms with Crippen LogP contribution in [0.2, 0.25) is 0 Å². The molecule has 0 spiro atoms. The average molecular weight is 425 g/mol. The minimum absolute atomic E-state index is 0.220. The van der Waals surface area contributed by atoms with Crippen molar-refractivity contribution in [3.63, 3.8) is 0 Å². The number of rotatable bonds is 5. The quantitative estimate of drug-likeness (QED) is 0.567. The number of imide groups is 1. The number of amides is 3. The van der Waals surface area contributed by atoms with E-state index in [1.54, 1.807) is 0 Å². The molecule has 0 unspecified atom stereocenters. The second-order valence-corrected chi connectivity index (χ2v) is 9.49. The fraction of sp³-hybridized carbons (Fsp3) is 0.440. The lowest BCUT2D eigenvalue weighted by Gasteiger charge is -2.36. The average Bonchev–Trinajstić information content (AvgIpc) is 2.74. The van der Waals surface area contributed by atoms with Gasteiger partial charge in [0.1, 0.15) is 32.2 Å². The summed E-state index contributed by atoms with van der Waals surface area (Å²) in [4.78, 5) is 27.4. The minimum Gasteiger partial charge on any atom is -0.333 e. The molecule has 2 aromatic carbocycles. The van der Waals surface area contributed by atoms with Crippen molar-refractivity contribution < 1.29 is 19.4 Å². The highest BCUT2D eigenvalue weighted by atomic mass is 16.2. The Morgan fingerprint density at radius 3 is 1.71 bits per heavy atom. The van der Waals surface area contributed by atoms with Crippen LogP contribution in [0.25, 0.3) is 0 Å². The van der Waals surface area contributed by atoms with Crippen molar-refractivity contribution in [3.8, 4) is 0 Å². The van der Waals surface area contributed by atoms with Crippen LogP contribution in [0.15, 0.2) is 60.7 Å². The third kappa shape index (κ3) is 6.39. The maximum absolute atomic E-state index is 12.6. The fourth-order valence-corrected chi connectivity index (χ4v) is 4.35. The first-order valence-electron chi connectivity index (χ1n) is 11.2. The largest absolute Gasteiger partial charge is 0.333 e. The smallest absolute Gasteiger partial charge is 0.322 e. The van der Waals surface area contributed by atoms with Gasteiger partial charge in [-0.05, 0) is 27.7 Å². The van der Waals surface area contributed by atoms with Gasteiger partial charge in [0.15, 0.2) is 6.04 Å². The second kappa shape index (κ2) is 10.1. The van der Waals surface area contributed by atoms with Gasteiger partial charge in [-0.2, -0.15) is 0 Å². The molecule has 0 saturated carbocycles. The Bertz CT molecular complexity index is 817. The van der Waals surface area contributed by atoms with Crippen LogP contribution in [0.1, 0.15) is 44.9 Å². The number of piperazine rings is 1. The summed E-state index contributed by atoms with van der Waals surface area (Å²) in [6.07, 6.45) is 0. The molecule has 1 saturated heterocycles. The van der Waals surface area contributed by atoms with Crippen molar-refractivity contribution in [2.24, 2.45) is 0 Å². The third-order valence-corrected chi connectivity index (χ3v) is 5.94. The van der Waals surface area contributed by atoms with Crippen LogP contribution in [0.3, 0.4) is 0 Å². The summed E-state index contributed by atoms with van der Waals surface area (Å²) in [6.45, 7) is 11.3. The lowest BCUT2D eigenvalue weighted by Crippen LogP contribution is -3.30. The van der Waals surface area contributed by atoms with E-state index in [4.69, 9.17) is 0 Å². The molecule has 3 rings (SSSR count). The Morgan fingerprint density at radius 2 is 1.26 bits per heavy atom. The van der Waals surface area contributed by atoms with Gasteiger partial charge in [0.2, 0.25) is 0 Å². The standard InChI is InChI=1S/C25H34N4O2/c1-19(23(30)26-24(31)27-25(2,3)4)28-15-17-29(18-16-28)22(20-11-7-5-8-12-20)21-13-9-6-10-14-21/h5-14,19,22H,15-18H2,1-4H3,(H2,26,27,30,31)/p+2/t19-/m0/s1. The van der Waals surface area contributed by atoms with E-state index in [9.17, 15) is 9.59 Å². The zero-order valence-electron chi connectivity index (χ0n) is 19.1. The topological polar surface area (TPSA) is 67.1 Å². The molecule has 1 aliphatic heterocycles.